The van der Waals surface area contributed by atoms with E-state index in [-0.39, 0.29) is 11.0 Å². The first kappa shape index (κ1) is 31.6. The predicted octanol–water partition coefficient (Wildman–Crippen LogP) is 6.77. The van der Waals surface area contributed by atoms with Gasteiger partial charge < -0.3 is 15.6 Å². The monoisotopic (exact) mass is 489 g/mol. The van der Waals surface area contributed by atoms with E-state index in [4.69, 9.17) is 5.73 Å². The molecule has 0 aromatic rings. The largest absolute Gasteiger partial charge is 0.544 e. The number of nitrogens with zero attached hydrogens (tertiary/aromatic N) is 2. The van der Waals surface area contributed by atoms with Crippen LogP contribution >= 0.6 is 0 Å². The first-order valence-electron chi connectivity index (χ1n) is 14.8. The van der Waals surface area contributed by atoms with Crippen molar-refractivity contribution in [1.29, 1.82) is 0 Å². The van der Waals surface area contributed by atoms with Crippen molar-refractivity contribution in [3.8, 4) is 0 Å². The summed E-state index contributed by atoms with van der Waals surface area (Å²) in [6.45, 7) is 3.22. The zero-order valence-electron chi connectivity index (χ0n) is 22.9. The first-order valence-corrected chi connectivity index (χ1v) is 14.8. The number of quaternary nitrogens is 1. The van der Waals surface area contributed by atoms with E-state index >= 15 is 0 Å². The summed E-state index contributed by atoms with van der Waals surface area (Å²) < 4.78 is 0.244. The average molecular weight is 490 g/mol. The van der Waals surface area contributed by atoms with Crippen LogP contribution in [0.1, 0.15) is 135 Å². The van der Waals surface area contributed by atoms with E-state index in [1.807, 2.05) is 6.20 Å². The minimum atomic E-state index is -1.05. The van der Waals surface area contributed by atoms with Crippen LogP contribution in [-0.4, -0.2) is 35.9 Å². The van der Waals surface area contributed by atoms with E-state index in [2.05, 4.69) is 24.1 Å². The number of aliphatic imine (C=N–C) groups is 1. The van der Waals surface area contributed by atoms with Gasteiger partial charge in [0, 0.05) is 13.0 Å². The Bertz CT molecular complexity index is 615. The van der Waals surface area contributed by atoms with Crippen molar-refractivity contribution >= 4 is 11.8 Å². The molecule has 2 N–H and O–H groups in total. The standard InChI is InChI=1S/C30H55N3O2/c1-2-3-4-5-6-7-8-9-10-11-12-13-14-15-16-17-18-19-20-21-22-23-29-32-25-27-33(29,26-24-31)28-30(34)35/h10-11,25,27H,2-9,12-24,26,28,31H2,1H3/b11-10+. The Morgan fingerprint density at radius 1 is 0.829 bits per heavy atom. The maximum Gasteiger partial charge on any atom is 0.207 e. The highest BCUT2D eigenvalue weighted by Crippen LogP contribution is 2.21. The molecule has 0 aromatic heterocycles. The molecule has 35 heavy (non-hydrogen) atoms. The molecule has 1 aliphatic rings. The summed E-state index contributed by atoms with van der Waals surface area (Å²) in [6.07, 6.45) is 34.5. The Morgan fingerprint density at radius 3 is 1.80 bits per heavy atom. The number of rotatable bonds is 25. The summed E-state index contributed by atoms with van der Waals surface area (Å²) in [5, 5.41) is 11.2. The quantitative estimate of drug-likeness (QED) is 0.0872. The number of carbonyl (C=O) groups excluding carboxylic acids is 1. The molecule has 202 valence electrons. The lowest BCUT2D eigenvalue weighted by Crippen LogP contribution is -2.55. The van der Waals surface area contributed by atoms with Crippen molar-refractivity contribution in [1.82, 2.24) is 0 Å². The maximum atomic E-state index is 11.2. The van der Waals surface area contributed by atoms with Gasteiger partial charge in [0.25, 0.3) is 0 Å². The number of allylic oxidation sites excluding steroid dienone is 2. The highest BCUT2D eigenvalue weighted by atomic mass is 16.4. The third kappa shape index (κ3) is 16.0. The van der Waals surface area contributed by atoms with Crippen molar-refractivity contribution in [2.45, 2.75) is 135 Å². The highest BCUT2D eigenvalue weighted by Gasteiger charge is 2.34. The molecule has 1 aliphatic heterocycles. The van der Waals surface area contributed by atoms with Gasteiger partial charge in [0.15, 0.2) is 0 Å². The van der Waals surface area contributed by atoms with Crippen LogP contribution in [0.5, 0.6) is 0 Å². The lowest BCUT2D eigenvalue weighted by atomic mass is 10.0. The molecule has 0 spiro atoms. The van der Waals surface area contributed by atoms with Crippen molar-refractivity contribution in [3.05, 3.63) is 24.6 Å². The van der Waals surface area contributed by atoms with Crippen LogP contribution in [0.25, 0.3) is 0 Å². The van der Waals surface area contributed by atoms with Gasteiger partial charge in [-0.1, -0.05) is 109 Å². The molecule has 1 rings (SSSR count). The van der Waals surface area contributed by atoms with Crippen LogP contribution in [0.15, 0.2) is 29.5 Å². The molecule has 0 amide bonds. The van der Waals surface area contributed by atoms with E-state index in [1.54, 1.807) is 6.20 Å². The molecule has 0 saturated carbocycles. The number of carboxylic acids is 1. The summed E-state index contributed by atoms with van der Waals surface area (Å²) in [4.78, 5) is 15.6. The molecular weight excluding hydrogens is 434 g/mol. The summed E-state index contributed by atoms with van der Waals surface area (Å²) in [6, 6.07) is 0. The second kappa shape index (κ2) is 21.8. The summed E-state index contributed by atoms with van der Waals surface area (Å²) in [5.74, 6) is -0.125. The molecule has 0 aromatic carbocycles. The molecule has 1 heterocycles. The average Bonchev–Trinajstić information content (AvgIpc) is 3.21. The Morgan fingerprint density at radius 2 is 1.31 bits per heavy atom. The third-order valence-corrected chi connectivity index (χ3v) is 7.19. The number of nitrogens with two attached hydrogens (primary N) is 1. The Kier molecular flexibility index (Phi) is 19.7. The molecule has 1 unspecified atom stereocenters. The van der Waals surface area contributed by atoms with Crippen LogP contribution < -0.4 is 10.8 Å². The van der Waals surface area contributed by atoms with Gasteiger partial charge in [0.2, 0.25) is 5.84 Å². The number of carboxylic acid groups (broad SMARTS) is 1. The molecule has 0 radical (unpaired) electrons. The van der Waals surface area contributed by atoms with Crippen LogP contribution in [-0.2, 0) is 4.79 Å². The van der Waals surface area contributed by atoms with E-state index in [0.717, 1.165) is 18.7 Å². The first-order chi connectivity index (χ1) is 17.1. The summed E-state index contributed by atoms with van der Waals surface area (Å²) in [7, 11) is 0. The Hall–Kier alpha value is -1.46. The van der Waals surface area contributed by atoms with E-state index < -0.39 is 5.97 Å². The van der Waals surface area contributed by atoms with Crippen LogP contribution in [0.4, 0.5) is 0 Å². The SMILES string of the molecule is CCCCCCCCC/C=C/CCCCCCCCCCCCC1=NC=C[N+]1(CCN)CC(=O)[O-]. The predicted molar refractivity (Wildman–Crippen MR) is 148 cm³/mol. The van der Waals surface area contributed by atoms with E-state index in [0.29, 0.717) is 13.1 Å². The molecule has 0 fully saturated rings. The second-order valence-electron chi connectivity index (χ2n) is 10.4. The third-order valence-electron chi connectivity index (χ3n) is 7.19. The molecular formula is C30H55N3O2. The number of amidine groups is 1. The highest BCUT2D eigenvalue weighted by molar-refractivity contribution is 5.80. The molecule has 5 heteroatoms. The van der Waals surface area contributed by atoms with Gasteiger partial charge >= 0.3 is 0 Å². The Balaban J connectivity index is 1.88. The number of hydrogen-bond donors (Lipinski definition) is 1. The maximum absolute atomic E-state index is 11.2. The van der Waals surface area contributed by atoms with Gasteiger partial charge in [0.05, 0.1) is 12.2 Å². The zero-order chi connectivity index (χ0) is 25.5. The number of aliphatic carboxylic acids is 1. The molecule has 1 atom stereocenters. The van der Waals surface area contributed by atoms with Crippen LogP contribution in [0, 0.1) is 0 Å². The molecule has 0 aliphatic carbocycles. The topological polar surface area (TPSA) is 78.5 Å². The van der Waals surface area contributed by atoms with Gasteiger partial charge in [-0.2, -0.15) is 0 Å². The smallest absolute Gasteiger partial charge is 0.207 e. The summed E-state index contributed by atoms with van der Waals surface area (Å²) in [5.41, 5.74) is 5.72. The number of hydrogen-bond acceptors (Lipinski definition) is 4. The van der Waals surface area contributed by atoms with Gasteiger partial charge in [0.1, 0.15) is 19.3 Å². The lowest BCUT2D eigenvalue weighted by molar-refractivity contribution is -0.780. The van der Waals surface area contributed by atoms with Crippen molar-refractivity contribution in [2.24, 2.45) is 10.7 Å². The van der Waals surface area contributed by atoms with Crippen LogP contribution in [0.3, 0.4) is 0 Å². The number of carbonyl (C=O) groups is 1. The fraction of sp³-hybridized carbons (Fsp3) is 0.800. The molecule has 0 bridgehead atoms. The summed E-state index contributed by atoms with van der Waals surface area (Å²) >= 11 is 0. The Labute approximate surface area is 216 Å². The number of unbranched alkanes of at least 4 members (excludes halogenated alkanes) is 17. The zero-order valence-corrected chi connectivity index (χ0v) is 22.9. The van der Waals surface area contributed by atoms with E-state index in [9.17, 15) is 9.90 Å². The second-order valence-corrected chi connectivity index (χ2v) is 10.4. The normalized spacial score (nSPS) is 17.5. The van der Waals surface area contributed by atoms with Gasteiger partial charge in [-0.05, 0) is 32.1 Å². The van der Waals surface area contributed by atoms with E-state index in [1.165, 1.54) is 116 Å². The minimum Gasteiger partial charge on any atom is -0.544 e. The fourth-order valence-electron chi connectivity index (χ4n) is 5.04. The van der Waals surface area contributed by atoms with Crippen molar-refractivity contribution < 1.29 is 14.4 Å². The van der Waals surface area contributed by atoms with Gasteiger partial charge in [-0.25, -0.2) is 9.48 Å². The van der Waals surface area contributed by atoms with Crippen molar-refractivity contribution in [2.75, 3.05) is 19.6 Å². The van der Waals surface area contributed by atoms with Gasteiger partial charge in [-0.3, -0.25) is 0 Å². The van der Waals surface area contributed by atoms with Crippen LogP contribution in [0.2, 0.25) is 0 Å². The molecule has 0 saturated heterocycles. The van der Waals surface area contributed by atoms with Gasteiger partial charge in [-0.15, -0.1) is 0 Å². The molecule has 5 nitrogen and oxygen atoms in total. The minimum absolute atomic E-state index is 0.0674. The lowest BCUT2D eigenvalue weighted by Gasteiger charge is -2.32. The fourth-order valence-corrected chi connectivity index (χ4v) is 5.04. The van der Waals surface area contributed by atoms with Crippen molar-refractivity contribution in [3.63, 3.8) is 0 Å².